The topological polar surface area (TPSA) is 43.8 Å². The first kappa shape index (κ1) is 14.2. The number of rotatable bonds is 3. The van der Waals surface area contributed by atoms with Crippen molar-refractivity contribution in [3.05, 3.63) is 28.8 Å². The molecule has 1 heterocycles. The summed E-state index contributed by atoms with van der Waals surface area (Å²) >= 11 is 5.76. The van der Waals surface area contributed by atoms with E-state index in [1.807, 2.05) is 0 Å². The van der Waals surface area contributed by atoms with Gasteiger partial charge < -0.3 is 14.9 Å². The zero-order valence-electron chi connectivity index (χ0n) is 11.3. The van der Waals surface area contributed by atoms with Gasteiger partial charge in [-0.2, -0.15) is 0 Å². The van der Waals surface area contributed by atoms with Crippen molar-refractivity contribution in [3.8, 4) is 5.75 Å². The van der Waals surface area contributed by atoms with E-state index in [2.05, 4.69) is 11.9 Å². The number of carbonyl (C=O) groups excluding carboxylic acids is 1. The lowest BCUT2D eigenvalue weighted by Crippen LogP contribution is -2.32. The van der Waals surface area contributed by atoms with Gasteiger partial charge in [0, 0.05) is 25.2 Å². The average molecular weight is 283 g/mol. The van der Waals surface area contributed by atoms with Gasteiger partial charge in [0.2, 0.25) is 0 Å². The van der Waals surface area contributed by atoms with Crippen LogP contribution in [0.2, 0.25) is 5.02 Å². The Morgan fingerprint density at radius 3 is 2.89 bits per heavy atom. The van der Waals surface area contributed by atoms with Crippen LogP contribution in [0.1, 0.15) is 16.8 Å². The molecule has 4 nitrogen and oxygen atoms in total. The largest absolute Gasteiger partial charge is 0.507 e. The molecule has 2 rings (SSSR count). The van der Waals surface area contributed by atoms with Crippen LogP contribution >= 0.6 is 11.6 Å². The second kappa shape index (κ2) is 5.80. The van der Waals surface area contributed by atoms with E-state index in [1.165, 1.54) is 6.07 Å². The highest BCUT2D eigenvalue weighted by atomic mass is 35.5. The fourth-order valence-electron chi connectivity index (χ4n) is 2.54. The van der Waals surface area contributed by atoms with Gasteiger partial charge in [-0.3, -0.25) is 4.79 Å². The minimum atomic E-state index is -0.163. The van der Waals surface area contributed by atoms with Gasteiger partial charge in [0.05, 0.1) is 5.56 Å². The Balaban J connectivity index is 2.02. The third-order valence-electron chi connectivity index (χ3n) is 3.56. The van der Waals surface area contributed by atoms with Crippen LogP contribution in [-0.4, -0.2) is 54.5 Å². The summed E-state index contributed by atoms with van der Waals surface area (Å²) in [6.07, 6.45) is 1.11. The van der Waals surface area contributed by atoms with E-state index in [4.69, 9.17) is 11.6 Å². The van der Waals surface area contributed by atoms with Crippen LogP contribution in [0.15, 0.2) is 18.2 Å². The molecule has 1 amide bonds. The normalized spacial score (nSPS) is 19.6. The molecule has 1 aliphatic heterocycles. The number of halogens is 1. The second-order valence-electron chi connectivity index (χ2n) is 5.26. The maximum absolute atomic E-state index is 12.3. The van der Waals surface area contributed by atoms with Crippen molar-refractivity contribution >= 4 is 17.5 Å². The first-order valence-corrected chi connectivity index (χ1v) is 6.77. The van der Waals surface area contributed by atoms with Gasteiger partial charge in [-0.05, 0) is 44.1 Å². The number of nitrogens with zero attached hydrogens (tertiary/aromatic N) is 2. The molecule has 1 aromatic rings. The number of phenols is 1. The summed E-state index contributed by atoms with van der Waals surface area (Å²) in [5.41, 5.74) is 0.304. The molecule has 1 atom stereocenters. The van der Waals surface area contributed by atoms with Crippen molar-refractivity contribution in [1.29, 1.82) is 0 Å². The molecule has 1 N–H and O–H groups in total. The molecule has 1 fully saturated rings. The molecule has 1 unspecified atom stereocenters. The number of amides is 1. The summed E-state index contributed by atoms with van der Waals surface area (Å²) in [7, 11) is 3.86. The van der Waals surface area contributed by atoms with Gasteiger partial charge in [-0.1, -0.05) is 11.6 Å². The predicted octanol–water partition coefficient (Wildman–Crippen LogP) is 2.07. The second-order valence-corrected chi connectivity index (χ2v) is 5.70. The lowest BCUT2D eigenvalue weighted by molar-refractivity contribution is 0.0771. The van der Waals surface area contributed by atoms with Gasteiger partial charge in [-0.15, -0.1) is 0 Å². The Bertz CT molecular complexity index is 479. The molecular formula is C14H19ClN2O2. The first-order chi connectivity index (χ1) is 8.97. The van der Waals surface area contributed by atoms with Crippen molar-refractivity contribution in [2.24, 2.45) is 5.92 Å². The molecule has 1 aromatic carbocycles. The zero-order chi connectivity index (χ0) is 14.0. The summed E-state index contributed by atoms with van der Waals surface area (Å²) < 4.78 is 0. The molecule has 104 valence electrons. The fourth-order valence-corrected chi connectivity index (χ4v) is 2.70. The maximum atomic E-state index is 12.3. The summed E-state index contributed by atoms with van der Waals surface area (Å²) in [6, 6.07) is 4.58. The van der Waals surface area contributed by atoms with Gasteiger partial charge in [0.15, 0.2) is 0 Å². The molecule has 19 heavy (non-hydrogen) atoms. The van der Waals surface area contributed by atoms with Crippen LogP contribution in [0.5, 0.6) is 5.75 Å². The van der Waals surface area contributed by atoms with E-state index in [1.54, 1.807) is 24.1 Å². The third kappa shape index (κ3) is 3.39. The molecule has 0 aromatic heterocycles. The lowest BCUT2D eigenvalue weighted by Gasteiger charge is -2.21. The SMILES string of the molecule is CN1CCC(CN(C)C(=O)c2ccc(Cl)cc2O)C1. The molecule has 1 aliphatic rings. The molecule has 0 aliphatic carbocycles. The van der Waals surface area contributed by atoms with Crippen LogP contribution in [0.4, 0.5) is 0 Å². The Labute approximate surface area is 118 Å². The Hall–Kier alpha value is -1.26. The number of hydrogen-bond acceptors (Lipinski definition) is 3. The van der Waals surface area contributed by atoms with Gasteiger partial charge >= 0.3 is 0 Å². The van der Waals surface area contributed by atoms with E-state index in [0.29, 0.717) is 23.0 Å². The molecule has 0 bridgehead atoms. The van der Waals surface area contributed by atoms with Crippen molar-refractivity contribution in [2.45, 2.75) is 6.42 Å². The van der Waals surface area contributed by atoms with E-state index in [9.17, 15) is 9.90 Å². The summed E-state index contributed by atoms with van der Waals surface area (Å²) in [5.74, 6) is 0.282. The molecular weight excluding hydrogens is 264 g/mol. The van der Waals surface area contributed by atoms with Gasteiger partial charge in [-0.25, -0.2) is 0 Å². The van der Waals surface area contributed by atoms with Crippen LogP contribution in [0, 0.1) is 5.92 Å². The minimum Gasteiger partial charge on any atom is -0.507 e. The molecule has 0 spiro atoms. The van der Waals surface area contributed by atoms with Crippen LogP contribution in [-0.2, 0) is 0 Å². The minimum absolute atomic E-state index is 0.0621. The van der Waals surface area contributed by atoms with Gasteiger partial charge in [0.1, 0.15) is 5.75 Å². The third-order valence-corrected chi connectivity index (χ3v) is 3.79. The molecule has 0 saturated carbocycles. The van der Waals surface area contributed by atoms with E-state index in [-0.39, 0.29) is 11.7 Å². The predicted molar refractivity (Wildman–Crippen MR) is 75.7 cm³/mol. The quantitative estimate of drug-likeness (QED) is 0.923. The fraction of sp³-hybridized carbons (Fsp3) is 0.500. The number of carbonyl (C=O) groups is 1. The number of aromatic hydroxyl groups is 1. The smallest absolute Gasteiger partial charge is 0.257 e. The molecule has 0 radical (unpaired) electrons. The summed E-state index contributed by atoms with van der Waals surface area (Å²) in [5, 5.41) is 10.2. The Morgan fingerprint density at radius 2 is 2.32 bits per heavy atom. The highest BCUT2D eigenvalue weighted by molar-refractivity contribution is 6.30. The lowest BCUT2D eigenvalue weighted by atomic mass is 10.1. The number of hydrogen-bond donors (Lipinski definition) is 1. The van der Waals surface area contributed by atoms with E-state index < -0.39 is 0 Å². The highest BCUT2D eigenvalue weighted by Gasteiger charge is 2.24. The van der Waals surface area contributed by atoms with Crippen molar-refractivity contribution in [1.82, 2.24) is 9.80 Å². The average Bonchev–Trinajstić information content (AvgIpc) is 2.74. The van der Waals surface area contributed by atoms with Gasteiger partial charge in [0.25, 0.3) is 5.91 Å². The van der Waals surface area contributed by atoms with Crippen LogP contribution in [0.3, 0.4) is 0 Å². The standard InChI is InChI=1S/C14H19ClN2O2/c1-16-6-5-10(8-16)9-17(2)14(19)12-4-3-11(15)7-13(12)18/h3-4,7,10,18H,5-6,8-9H2,1-2H3. The number of likely N-dealkylation sites (tertiary alicyclic amines) is 1. The molecule has 5 heteroatoms. The number of phenolic OH excluding ortho intramolecular Hbond substituents is 1. The summed E-state index contributed by atoms with van der Waals surface area (Å²) in [6.45, 7) is 2.81. The summed E-state index contributed by atoms with van der Waals surface area (Å²) in [4.78, 5) is 16.2. The van der Waals surface area contributed by atoms with Crippen LogP contribution in [0.25, 0.3) is 0 Å². The molecule has 1 saturated heterocycles. The van der Waals surface area contributed by atoms with Crippen molar-refractivity contribution in [3.63, 3.8) is 0 Å². The van der Waals surface area contributed by atoms with Crippen molar-refractivity contribution in [2.75, 3.05) is 33.7 Å². The Morgan fingerprint density at radius 1 is 1.58 bits per heavy atom. The van der Waals surface area contributed by atoms with Crippen LogP contribution < -0.4 is 0 Å². The van der Waals surface area contributed by atoms with E-state index in [0.717, 1.165) is 19.5 Å². The van der Waals surface area contributed by atoms with E-state index >= 15 is 0 Å². The highest BCUT2D eigenvalue weighted by Crippen LogP contribution is 2.24. The maximum Gasteiger partial charge on any atom is 0.257 e. The Kier molecular flexibility index (Phi) is 4.32. The van der Waals surface area contributed by atoms with Crippen molar-refractivity contribution < 1.29 is 9.90 Å². The first-order valence-electron chi connectivity index (χ1n) is 6.40. The zero-order valence-corrected chi connectivity index (χ0v) is 12.0. The number of benzene rings is 1. The monoisotopic (exact) mass is 282 g/mol.